The highest BCUT2D eigenvalue weighted by Crippen LogP contribution is 2.24. The summed E-state index contributed by atoms with van der Waals surface area (Å²) in [5, 5.41) is 7.10. The average molecular weight is 322 g/mol. The van der Waals surface area contributed by atoms with Gasteiger partial charge in [0.2, 0.25) is 0 Å². The van der Waals surface area contributed by atoms with Crippen molar-refractivity contribution < 1.29 is 9.53 Å². The summed E-state index contributed by atoms with van der Waals surface area (Å²) >= 11 is 0. The van der Waals surface area contributed by atoms with Gasteiger partial charge in [0.05, 0.1) is 35.3 Å². The van der Waals surface area contributed by atoms with E-state index >= 15 is 0 Å². The lowest BCUT2D eigenvalue weighted by atomic mass is 10.2. The molecule has 0 unspecified atom stereocenters. The number of amides is 1. The Balaban J connectivity index is 1.80. The molecule has 0 spiro atoms. The Morgan fingerprint density at radius 2 is 2.08 bits per heavy atom. The van der Waals surface area contributed by atoms with Crippen LogP contribution in [0.5, 0.6) is 0 Å². The average Bonchev–Trinajstić information content (AvgIpc) is 2.62. The normalized spacial score (nSPS) is 10.5. The third-order valence-electron chi connectivity index (χ3n) is 3.50. The minimum atomic E-state index is -0.181. The molecule has 6 heteroatoms. The van der Waals surface area contributed by atoms with Gasteiger partial charge in [0.15, 0.2) is 0 Å². The van der Waals surface area contributed by atoms with Crippen LogP contribution < -0.4 is 10.6 Å². The number of para-hydroxylation sites is 1. The summed E-state index contributed by atoms with van der Waals surface area (Å²) in [6.07, 6.45) is 4.97. The van der Waals surface area contributed by atoms with Crippen molar-refractivity contribution in [3.05, 3.63) is 60.6 Å². The first kappa shape index (κ1) is 15.9. The van der Waals surface area contributed by atoms with Crippen LogP contribution in [-0.2, 0) is 4.74 Å². The molecule has 6 nitrogen and oxygen atoms in total. The Kier molecular flexibility index (Phi) is 4.98. The predicted molar refractivity (Wildman–Crippen MR) is 93.5 cm³/mol. The summed E-state index contributed by atoms with van der Waals surface area (Å²) < 4.78 is 4.92. The smallest absolute Gasteiger partial charge is 0.253 e. The van der Waals surface area contributed by atoms with Gasteiger partial charge in [-0.25, -0.2) is 0 Å². The number of carbonyl (C=O) groups is 1. The SMILES string of the molecule is COCCNC(=O)c1cncc(Nc2cccc3cccnc23)c1. The van der Waals surface area contributed by atoms with Crippen molar-refractivity contribution in [1.82, 2.24) is 15.3 Å². The van der Waals surface area contributed by atoms with Crippen LogP contribution in [0, 0.1) is 0 Å². The zero-order valence-corrected chi connectivity index (χ0v) is 13.3. The van der Waals surface area contributed by atoms with Gasteiger partial charge in [-0.05, 0) is 18.2 Å². The van der Waals surface area contributed by atoms with Crippen molar-refractivity contribution in [3.8, 4) is 0 Å². The van der Waals surface area contributed by atoms with Crippen LogP contribution in [0.2, 0.25) is 0 Å². The summed E-state index contributed by atoms with van der Waals surface area (Å²) in [5.74, 6) is -0.181. The zero-order chi connectivity index (χ0) is 16.8. The summed E-state index contributed by atoms with van der Waals surface area (Å²) in [7, 11) is 1.59. The molecule has 1 aromatic carbocycles. The van der Waals surface area contributed by atoms with Gasteiger partial charge in [-0.1, -0.05) is 18.2 Å². The zero-order valence-electron chi connectivity index (χ0n) is 13.3. The minimum absolute atomic E-state index is 0.181. The van der Waals surface area contributed by atoms with E-state index in [0.717, 1.165) is 22.3 Å². The third-order valence-corrected chi connectivity index (χ3v) is 3.50. The van der Waals surface area contributed by atoms with Gasteiger partial charge in [-0.2, -0.15) is 0 Å². The van der Waals surface area contributed by atoms with Crippen molar-refractivity contribution in [2.45, 2.75) is 0 Å². The molecule has 24 heavy (non-hydrogen) atoms. The molecule has 2 N–H and O–H groups in total. The van der Waals surface area contributed by atoms with E-state index in [4.69, 9.17) is 4.74 Å². The molecule has 0 saturated carbocycles. The first-order valence-corrected chi connectivity index (χ1v) is 7.61. The van der Waals surface area contributed by atoms with E-state index in [1.807, 2.05) is 30.3 Å². The molecule has 0 radical (unpaired) electrons. The highest BCUT2D eigenvalue weighted by molar-refractivity contribution is 5.96. The fourth-order valence-electron chi connectivity index (χ4n) is 2.36. The fraction of sp³-hybridized carbons (Fsp3) is 0.167. The lowest BCUT2D eigenvalue weighted by molar-refractivity contribution is 0.0937. The Labute approximate surface area is 139 Å². The number of aromatic nitrogens is 2. The van der Waals surface area contributed by atoms with Gasteiger partial charge in [0.25, 0.3) is 5.91 Å². The number of fused-ring (bicyclic) bond motifs is 1. The van der Waals surface area contributed by atoms with E-state index in [9.17, 15) is 4.79 Å². The Morgan fingerprint density at radius 1 is 1.21 bits per heavy atom. The molecule has 0 saturated heterocycles. The Hall–Kier alpha value is -2.99. The molecule has 0 aliphatic rings. The summed E-state index contributed by atoms with van der Waals surface area (Å²) in [4.78, 5) is 20.6. The van der Waals surface area contributed by atoms with Gasteiger partial charge >= 0.3 is 0 Å². The number of hydrogen-bond acceptors (Lipinski definition) is 5. The number of hydrogen-bond donors (Lipinski definition) is 2. The molecule has 1 amide bonds. The van der Waals surface area contributed by atoms with Gasteiger partial charge in [-0.3, -0.25) is 14.8 Å². The first-order valence-electron chi connectivity index (χ1n) is 7.61. The number of pyridine rings is 2. The molecule has 0 aliphatic carbocycles. The number of ether oxygens (including phenoxy) is 1. The molecule has 122 valence electrons. The number of nitrogens with one attached hydrogen (secondary N) is 2. The van der Waals surface area contributed by atoms with Crippen LogP contribution in [-0.4, -0.2) is 36.1 Å². The van der Waals surface area contributed by atoms with Gasteiger partial charge < -0.3 is 15.4 Å². The Bertz CT molecular complexity index is 846. The molecule has 0 fully saturated rings. The molecular formula is C18H18N4O2. The standard InChI is InChI=1S/C18H18N4O2/c1-24-9-8-21-18(23)14-10-15(12-19-11-14)22-16-6-2-4-13-5-3-7-20-17(13)16/h2-7,10-12,22H,8-9H2,1H3,(H,21,23). The molecular weight excluding hydrogens is 304 g/mol. The maximum atomic E-state index is 12.1. The third kappa shape index (κ3) is 3.67. The van der Waals surface area contributed by atoms with Crippen LogP contribution in [0.4, 0.5) is 11.4 Å². The summed E-state index contributed by atoms with van der Waals surface area (Å²) in [6.45, 7) is 0.930. The topological polar surface area (TPSA) is 76.1 Å². The van der Waals surface area contributed by atoms with Crippen molar-refractivity contribution in [2.75, 3.05) is 25.6 Å². The van der Waals surface area contributed by atoms with Crippen molar-refractivity contribution in [3.63, 3.8) is 0 Å². The number of nitrogens with zero attached hydrogens (tertiary/aromatic N) is 2. The summed E-state index contributed by atoms with van der Waals surface area (Å²) in [5.41, 5.74) is 2.96. The second-order valence-corrected chi connectivity index (χ2v) is 5.22. The quantitative estimate of drug-likeness (QED) is 0.683. The predicted octanol–water partition coefficient (Wildman–Crippen LogP) is 2.75. The molecule has 3 rings (SSSR count). The van der Waals surface area contributed by atoms with Crippen LogP contribution in [0.25, 0.3) is 10.9 Å². The van der Waals surface area contributed by atoms with Crippen molar-refractivity contribution >= 4 is 28.2 Å². The van der Waals surface area contributed by atoms with Crippen LogP contribution in [0.15, 0.2) is 55.0 Å². The van der Waals surface area contributed by atoms with E-state index in [-0.39, 0.29) is 5.91 Å². The van der Waals surface area contributed by atoms with Crippen molar-refractivity contribution in [1.29, 1.82) is 0 Å². The van der Waals surface area contributed by atoms with E-state index in [2.05, 4.69) is 20.6 Å². The second kappa shape index (κ2) is 7.52. The molecule has 0 aliphatic heterocycles. The van der Waals surface area contributed by atoms with Crippen LogP contribution in [0.1, 0.15) is 10.4 Å². The Morgan fingerprint density at radius 3 is 2.96 bits per heavy atom. The van der Waals surface area contributed by atoms with Gasteiger partial charge in [0, 0.05) is 31.4 Å². The largest absolute Gasteiger partial charge is 0.383 e. The van der Waals surface area contributed by atoms with E-state index in [0.29, 0.717) is 18.7 Å². The number of carbonyl (C=O) groups excluding carboxylic acids is 1. The number of rotatable bonds is 6. The number of anilines is 2. The lowest BCUT2D eigenvalue weighted by Crippen LogP contribution is -2.27. The molecule has 3 aromatic rings. The molecule has 0 atom stereocenters. The molecule has 2 aromatic heterocycles. The van der Waals surface area contributed by atoms with E-state index in [1.165, 1.54) is 6.20 Å². The lowest BCUT2D eigenvalue weighted by Gasteiger charge is -2.10. The van der Waals surface area contributed by atoms with Crippen LogP contribution >= 0.6 is 0 Å². The van der Waals surface area contributed by atoms with Gasteiger partial charge in [-0.15, -0.1) is 0 Å². The monoisotopic (exact) mass is 322 g/mol. The first-order chi connectivity index (χ1) is 11.8. The highest BCUT2D eigenvalue weighted by atomic mass is 16.5. The molecule has 2 heterocycles. The van der Waals surface area contributed by atoms with Crippen LogP contribution in [0.3, 0.4) is 0 Å². The fourth-order valence-corrected chi connectivity index (χ4v) is 2.36. The number of benzene rings is 1. The summed E-state index contributed by atoms with van der Waals surface area (Å²) in [6, 6.07) is 11.6. The molecule has 0 bridgehead atoms. The minimum Gasteiger partial charge on any atom is -0.383 e. The number of methoxy groups -OCH3 is 1. The van der Waals surface area contributed by atoms with E-state index in [1.54, 1.807) is 25.6 Å². The highest BCUT2D eigenvalue weighted by Gasteiger charge is 2.08. The second-order valence-electron chi connectivity index (χ2n) is 5.22. The van der Waals surface area contributed by atoms with Crippen molar-refractivity contribution in [2.24, 2.45) is 0 Å². The maximum Gasteiger partial charge on any atom is 0.253 e. The maximum absolute atomic E-state index is 12.1. The van der Waals surface area contributed by atoms with Gasteiger partial charge in [0.1, 0.15) is 0 Å². The van der Waals surface area contributed by atoms with E-state index < -0.39 is 0 Å².